The number of ether oxygens (including phenoxy) is 1. The van der Waals surface area contributed by atoms with Crippen molar-refractivity contribution in [1.29, 1.82) is 0 Å². The predicted octanol–water partition coefficient (Wildman–Crippen LogP) is 2.41. The molecule has 0 heterocycles. The number of ketones is 1. The fraction of sp³-hybridized carbons (Fsp3) is 0.0714. The number of phenols is 2. The minimum Gasteiger partial charge on any atom is -0.504 e. The zero-order valence-electron chi connectivity index (χ0n) is 11.0. The molecule has 0 aliphatic rings. The molecule has 0 amide bonds. The van der Waals surface area contributed by atoms with E-state index in [0.717, 1.165) is 30.3 Å². The van der Waals surface area contributed by atoms with Gasteiger partial charge in [0.05, 0.1) is 4.92 Å². The summed E-state index contributed by atoms with van der Waals surface area (Å²) in [5, 5.41) is 29.2. The van der Waals surface area contributed by atoms with E-state index in [-0.39, 0.29) is 11.3 Å². The molecule has 0 saturated heterocycles. The molecule has 2 aromatic carbocycles. The van der Waals surface area contributed by atoms with E-state index >= 15 is 0 Å². The average molecular weight is 307 g/mol. The first kappa shape index (κ1) is 15.2. The lowest BCUT2D eigenvalue weighted by Crippen LogP contribution is -2.12. The molecule has 22 heavy (non-hydrogen) atoms. The van der Waals surface area contributed by atoms with Gasteiger partial charge >= 0.3 is 5.69 Å². The maximum Gasteiger partial charge on any atom is 0.311 e. The zero-order valence-corrected chi connectivity index (χ0v) is 11.0. The lowest BCUT2D eigenvalue weighted by atomic mass is 10.1. The van der Waals surface area contributed by atoms with Crippen LogP contribution in [0.2, 0.25) is 0 Å². The molecule has 8 heteroatoms. The largest absolute Gasteiger partial charge is 0.504 e. The lowest BCUT2D eigenvalue weighted by molar-refractivity contribution is -0.385. The third kappa shape index (κ3) is 3.29. The number of rotatable bonds is 5. The second-order valence-electron chi connectivity index (χ2n) is 4.28. The van der Waals surface area contributed by atoms with E-state index in [1.807, 2.05) is 0 Å². The maximum atomic E-state index is 13.1. The Morgan fingerprint density at radius 3 is 2.55 bits per heavy atom. The number of Topliss-reactive ketones (excluding diaryl/α,β-unsaturated/α-hetero) is 1. The highest BCUT2D eigenvalue weighted by atomic mass is 19.1. The topological polar surface area (TPSA) is 110 Å². The van der Waals surface area contributed by atoms with E-state index in [4.69, 9.17) is 9.84 Å². The van der Waals surface area contributed by atoms with Crippen LogP contribution in [-0.2, 0) is 0 Å². The van der Waals surface area contributed by atoms with Gasteiger partial charge in [-0.1, -0.05) is 0 Å². The van der Waals surface area contributed by atoms with Gasteiger partial charge in [0.25, 0.3) is 0 Å². The SMILES string of the molecule is O=C(COc1cc(F)ccc1[N+](=O)[O-])c1ccc(O)c(O)c1. The number of aromatic hydroxyl groups is 2. The van der Waals surface area contributed by atoms with Crippen LogP contribution in [0.15, 0.2) is 36.4 Å². The van der Waals surface area contributed by atoms with Crippen molar-refractivity contribution in [1.82, 2.24) is 0 Å². The first-order chi connectivity index (χ1) is 10.4. The Morgan fingerprint density at radius 2 is 1.91 bits per heavy atom. The Kier molecular flexibility index (Phi) is 4.21. The van der Waals surface area contributed by atoms with Gasteiger partial charge in [-0.25, -0.2) is 4.39 Å². The van der Waals surface area contributed by atoms with Crippen molar-refractivity contribution in [2.45, 2.75) is 0 Å². The van der Waals surface area contributed by atoms with Crippen LogP contribution in [0.25, 0.3) is 0 Å². The molecule has 0 radical (unpaired) electrons. The normalized spacial score (nSPS) is 10.2. The molecule has 0 unspecified atom stereocenters. The first-order valence-corrected chi connectivity index (χ1v) is 6.00. The van der Waals surface area contributed by atoms with Crippen LogP contribution in [0.3, 0.4) is 0 Å². The Bertz CT molecular complexity index is 746. The molecule has 0 saturated carbocycles. The molecule has 0 aliphatic heterocycles. The standard InChI is InChI=1S/C14H10FNO6/c15-9-2-3-10(16(20)21)14(6-9)22-7-13(19)8-1-4-11(17)12(18)5-8/h1-6,17-18H,7H2. The molecule has 7 nitrogen and oxygen atoms in total. The Balaban J connectivity index is 2.15. The summed E-state index contributed by atoms with van der Waals surface area (Å²) in [6.07, 6.45) is 0. The zero-order chi connectivity index (χ0) is 16.3. The number of hydrogen-bond acceptors (Lipinski definition) is 6. The number of nitrogens with zero attached hydrogens (tertiary/aromatic N) is 1. The van der Waals surface area contributed by atoms with Gasteiger partial charge in [0.15, 0.2) is 29.6 Å². The highest BCUT2D eigenvalue weighted by Crippen LogP contribution is 2.28. The van der Waals surface area contributed by atoms with Gasteiger partial charge in [0.2, 0.25) is 0 Å². The Morgan fingerprint density at radius 1 is 1.18 bits per heavy atom. The summed E-state index contributed by atoms with van der Waals surface area (Å²) in [6.45, 7) is -0.589. The Labute approximate surface area is 123 Å². The van der Waals surface area contributed by atoms with Gasteiger partial charge < -0.3 is 14.9 Å². The number of hydrogen-bond donors (Lipinski definition) is 2. The second kappa shape index (κ2) is 6.08. The minimum atomic E-state index is -0.758. The molecular weight excluding hydrogens is 297 g/mol. The van der Waals surface area contributed by atoms with Crippen molar-refractivity contribution < 1.29 is 29.1 Å². The number of carbonyl (C=O) groups excluding carboxylic acids is 1. The maximum absolute atomic E-state index is 13.1. The summed E-state index contributed by atoms with van der Waals surface area (Å²) in [5.74, 6) is -2.59. The van der Waals surface area contributed by atoms with E-state index in [1.165, 1.54) is 6.07 Å². The summed E-state index contributed by atoms with van der Waals surface area (Å²) < 4.78 is 18.1. The molecular formula is C14H10FNO6. The minimum absolute atomic E-state index is 0.0364. The molecule has 0 bridgehead atoms. The molecule has 2 aromatic rings. The van der Waals surface area contributed by atoms with Crippen LogP contribution in [0, 0.1) is 15.9 Å². The molecule has 0 fully saturated rings. The van der Waals surface area contributed by atoms with Crippen molar-refractivity contribution in [2.75, 3.05) is 6.61 Å². The molecule has 2 N–H and O–H groups in total. The molecule has 0 aromatic heterocycles. The molecule has 0 spiro atoms. The summed E-state index contributed by atoms with van der Waals surface area (Å²) in [6, 6.07) is 6.04. The van der Waals surface area contributed by atoms with E-state index in [0.29, 0.717) is 0 Å². The number of benzene rings is 2. The fourth-order valence-electron chi connectivity index (χ4n) is 1.68. The molecule has 2 rings (SSSR count). The van der Waals surface area contributed by atoms with Crippen molar-refractivity contribution in [3.8, 4) is 17.2 Å². The highest BCUT2D eigenvalue weighted by molar-refractivity contribution is 5.97. The third-order valence-corrected chi connectivity index (χ3v) is 2.77. The lowest BCUT2D eigenvalue weighted by Gasteiger charge is -2.07. The van der Waals surface area contributed by atoms with Gasteiger partial charge in [-0.05, 0) is 24.3 Å². The van der Waals surface area contributed by atoms with E-state index < -0.39 is 40.3 Å². The second-order valence-corrected chi connectivity index (χ2v) is 4.28. The van der Waals surface area contributed by atoms with E-state index in [2.05, 4.69) is 0 Å². The van der Waals surface area contributed by atoms with Crippen LogP contribution < -0.4 is 4.74 Å². The van der Waals surface area contributed by atoms with E-state index in [1.54, 1.807) is 0 Å². The quantitative estimate of drug-likeness (QED) is 0.380. The number of halogens is 1. The fourth-order valence-corrected chi connectivity index (χ4v) is 1.68. The van der Waals surface area contributed by atoms with Crippen LogP contribution in [0.1, 0.15) is 10.4 Å². The Hall–Kier alpha value is -3.16. The summed E-state index contributed by atoms with van der Waals surface area (Å²) in [5.41, 5.74) is -0.433. The third-order valence-electron chi connectivity index (χ3n) is 2.77. The molecule has 114 valence electrons. The monoisotopic (exact) mass is 307 g/mol. The molecule has 0 atom stereocenters. The van der Waals surface area contributed by atoms with Crippen LogP contribution in [0.5, 0.6) is 17.2 Å². The summed E-state index contributed by atoms with van der Waals surface area (Å²) in [7, 11) is 0. The average Bonchev–Trinajstić information content (AvgIpc) is 2.47. The number of nitro groups is 1. The smallest absolute Gasteiger partial charge is 0.311 e. The van der Waals surface area contributed by atoms with Gasteiger partial charge in [-0.2, -0.15) is 0 Å². The molecule has 0 aliphatic carbocycles. The number of phenolic OH excluding ortho intramolecular Hbond substituents is 2. The predicted molar refractivity (Wildman–Crippen MR) is 72.7 cm³/mol. The van der Waals surface area contributed by atoms with Gasteiger partial charge in [-0.3, -0.25) is 14.9 Å². The highest BCUT2D eigenvalue weighted by Gasteiger charge is 2.18. The van der Waals surface area contributed by atoms with Crippen LogP contribution in [-0.4, -0.2) is 27.5 Å². The summed E-state index contributed by atoms with van der Waals surface area (Å²) in [4.78, 5) is 21.9. The first-order valence-electron chi connectivity index (χ1n) is 6.00. The number of nitro benzene ring substituents is 1. The van der Waals surface area contributed by atoms with E-state index in [9.17, 15) is 24.4 Å². The van der Waals surface area contributed by atoms with Gasteiger partial charge in [0.1, 0.15) is 5.82 Å². The van der Waals surface area contributed by atoms with Crippen LogP contribution in [0.4, 0.5) is 10.1 Å². The van der Waals surface area contributed by atoms with Crippen LogP contribution >= 0.6 is 0 Å². The number of carbonyl (C=O) groups is 1. The van der Waals surface area contributed by atoms with Crippen molar-refractivity contribution >= 4 is 11.5 Å². The van der Waals surface area contributed by atoms with Gasteiger partial charge in [0, 0.05) is 17.7 Å². The van der Waals surface area contributed by atoms with Crippen molar-refractivity contribution in [2.24, 2.45) is 0 Å². The summed E-state index contributed by atoms with van der Waals surface area (Å²) >= 11 is 0. The van der Waals surface area contributed by atoms with Crippen molar-refractivity contribution in [3.05, 3.63) is 57.9 Å². The van der Waals surface area contributed by atoms with Crippen molar-refractivity contribution in [3.63, 3.8) is 0 Å². The van der Waals surface area contributed by atoms with Gasteiger partial charge in [-0.15, -0.1) is 0 Å².